The Morgan fingerprint density at radius 3 is 2.65 bits per heavy atom. The van der Waals surface area contributed by atoms with E-state index in [0.29, 0.717) is 31.2 Å². The predicted octanol–water partition coefficient (Wildman–Crippen LogP) is 3.34. The normalized spacial score (nSPS) is 19.0. The van der Waals surface area contributed by atoms with Gasteiger partial charge in [0.25, 0.3) is 0 Å². The van der Waals surface area contributed by atoms with Crippen LogP contribution < -0.4 is 10.2 Å². The standard InChI is InChI=1S/C22H24BrClN6O/c23-16-3-1-2-15(12-16)22(4-6-25-7-5-22)21(31)30-10-8-29(9-11-30)20-18-17(24)13-26-19(18)27-14-28-20/h1-3,12-14,25H,4-11H2,(H,26,27,28). The molecule has 3 aromatic rings. The highest BCUT2D eigenvalue weighted by atomic mass is 79.9. The molecule has 2 aromatic heterocycles. The van der Waals surface area contributed by atoms with Crippen LogP contribution in [-0.4, -0.2) is 65.0 Å². The number of carbonyl (C=O) groups is 1. The van der Waals surface area contributed by atoms with Gasteiger partial charge in [-0.1, -0.05) is 39.7 Å². The van der Waals surface area contributed by atoms with Gasteiger partial charge in [-0.2, -0.15) is 0 Å². The van der Waals surface area contributed by atoms with Gasteiger partial charge in [-0.15, -0.1) is 0 Å². The zero-order valence-electron chi connectivity index (χ0n) is 17.1. The summed E-state index contributed by atoms with van der Waals surface area (Å²) in [6.07, 6.45) is 4.92. The number of benzene rings is 1. The van der Waals surface area contributed by atoms with Crippen LogP contribution in [0.2, 0.25) is 5.02 Å². The fraction of sp³-hybridized carbons (Fsp3) is 0.409. The van der Waals surface area contributed by atoms with E-state index in [1.54, 1.807) is 12.5 Å². The summed E-state index contributed by atoms with van der Waals surface area (Å²) in [6.45, 7) is 4.45. The lowest BCUT2D eigenvalue weighted by Crippen LogP contribution is -2.57. The summed E-state index contributed by atoms with van der Waals surface area (Å²) in [5.74, 6) is 1.06. The lowest BCUT2D eigenvalue weighted by Gasteiger charge is -2.43. The van der Waals surface area contributed by atoms with Crippen LogP contribution >= 0.6 is 27.5 Å². The second-order valence-corrected chi connectivity index (χ2v) is 9.50. The van der Waals surface area contributed by atoms with Gasteiger partial charge in [0.1, 0.15) is 17.8 Å². The Morgan fingerprint density at radius 1 is 1.13 bits per heavy atom. The number of aromatic amines is 1. The minimum absolute atomic E-state index is 0.235. The molecule has 0 aliphatic carbocycles. The van der Waals surface area contributed by atoms with Crippen molar-refractivity contribution in [2.75, 3.05) is 44.2 Å². The quantitative estimate of drug-likeness (QED) is 0.573. The number of piperazine rings is 1. The molecule has 2 aliphatic heterocycles. The van der Waals surface area contributed by atoms with Gasteiger partial charge >= 0.3 is 0 Å². The van der Waals surface area contributed by atoms with Crippen LogP contribution in [0.5, 0.6) is 0 Å². The highest BCUT2D eigenvalue weighted by molar-refractivity contribution is 9.10. The molecule has 162 valence electrons. The molecule has 9 heteroatoms. The number of aromatic nitrogens is 3. The number of halogens is 2. The van der Waals surface area contributed by atoms with Crippen LogP contribution in [0.1, 0.15) is 18.4 Å². The first-order chi connectivity index (χ1) is 15.1. The summed E-state index contributed by atoms with van der Waals surface area (Å²) in [7, 11) is 0. The van der Waals surface area contributed by atoms with Crippen LogP contribution in [0.4, 0.5) is 5.82 Å². The lowest BCUT2D eigenvalue weighted by molar-refractivity contribution is -0.139. The SMILES string of the molecule is O=C(N1CCN(c2ncnc3[nH]cc(Cl)c23)CC1)C1(c2cccc(Br)c2)CCNCC1. The Hall–Kier alpha value is -2.16. The molecule has 0 spiro atoms. The number of nitrogens with one attached hydrogen (secondary N) is 2. The average Bonchev–Trinajstić information content (AvgIpc) is 3.20. The molecule has 2 aliphatic rings. The number of carbonyl (C=O) groups excluding carboxylic acids is 1. The molecule has 5 rings (SSSR count). The molecule has 4 heterocycles. The monoisotopic (exact) mass is 502 g/mol. The number of H-pyrrole nitrogens is 1. The second kappa shape index (κ2) is 8.41. The molecule has 7 nitrogen and oxygen atoms in total. The molecule has 1 aromatic carbocycles. The first-order valence-corrected chi connectivity index (χ1v) is 11.7. The summed E-state index contributed by atoms with van der Waals surface area (Å²) in [6, 6.07) is 8.23. The molecule has 2 fully saturated rings. The van der Waals surface area contributed by atoms with E-state index in [0.717, 1.165) is 52.8 Å². The van der Waals surface area contributed by atoms with Crippen molar-refractivity contribution >= 4 is 50.3 Å². The number of rotatable bonds is 3. The largest absolute Gasteiger partial charge is 0.352 e. The molecular formula is C22H24BrClN6O. The number of hydrogen-bond donors (Lipinski definition) is 2. The number of amides is 1. The van der Waals surface area contributed by atoms with E-state index in [2.05, 4.69) is 53.2 Å². The number of piperidine rings is 1. The highest BCUT2D eigenvalue weighted by Gasteiger charge is 2.44. The van der Waals surface area contributed by atoms with E-state index >= 15 is 0 Å². The smallest absolute Gasteiger partial charge is 0.233 e. The van der Waals surface area contributed by atoms with Gasteiger partial charge in [0.15, 0.2) is 0 Å². The lowest BCUT2D eigenvalue weighted by atomic mass is 9.72. The zero-order chi connectivity index (χ0) is 21.4. The molecule has 2 N–H and O–H groups in total. The number of anilines is 1. The van der Waals surface area contributed by atoms with Gasteiger partial charge in [0, 0.05) is 36.8 Å². The fourth-order valence-electron chi connectivity index (χ4n) is 4.84. The van der Waals surface area contributed by atoms with Crippen LogP contribution in [0.15, 0.2) is 41.3 Å². The van der Waals surface area contributed by atoms with Crippen molar-refractivity contribution in [1.82, 2.24) is 25.2 Å². The van der Waals surface area contributed by atoms with Gasteiger partial charge in [-0.25, -0.2) is 9.97 Å². The number of fused-ring (bicyclic) bond motifs is 1. The third-order valence-electron chi connectivity index (χ3n) is 6.51. The predicted molar refractivity (Wildman–Crippen MR) is 126 cm³/mol. The summed E-state index contributed by atoms with van der Waals surface area (Å²) >= 11 is 9.95. The first-order valence-electron chi connectivity index (χ1n) is 10.6. The third-order valence-corrected chi connectivity index (χ3v) is 7.30. The third kappa shape index (κ3) is 3.70. The first kappa shape index (κ1) is 20.7. The van der Waals surface area contributed by atoms with Gasteiger partial charge in [0.2, 0.25) is 5.91 Å². The van der Waals surface area contributed by atoms with Crippen molar-refractivity contribution in [3.8, 4) is 0 Å². The molecule has 31 heavy (non-hydrogen) atoms. The number of hydrogen-bond acceptors (Lipinski definition) is 5. The summed E-state index contributed by atoms with van der Waals surface area (Å²) in [5.41, 5.74) is 1.37. The maximum atomic E-state index is 13.9. The van der Waals surface area contributed by atoms with Gasteiger partial charge in [0.05, 0.1) is 15.8 Å². The Labute approximate surface area is 194 Å². The molecule has 0 radical (unpaired) electrons. The van der Waals surface area contributed by atoms with E-state index in [4.69, 9.17) is 11.6 Å². The molecule has 0 saturated carbocycles. The van der Waals surface area contributed by atoms with Crippen molar-refractivity contribution < 1.29 is 4.79 Å². The maximum absolute atomic E-state index is 13.9. The average molecular weight is 504 g/mol. The second-order valence-electron chi connectivity index (χ2n) is 8.18. The van der Waals surface area contributed by atoms with E-state index in [9.17, 15) is 4.79 Å². The Kier molecular flexibility index (Phi) is 5.62. The Bertz CT molecular complexity index is 1100. The Balaban J connectivity index is 1.38. The van der Waals surface area contributed by atoms with Crippen molar-refractivity contribution in [3.05, 3.63) is 51.8 Å². The van der Waals surface area contributed by atoms with Gasteiger partial charge < -0.3 is 20.1 Å². The Morgan fingerprint density at radius 2 is 1.90 bits per heavy atom. The fourth-order valence-corrected chi connectivity index (χ4v) is 5.47. The van der Waals surface area contributed by atoms with E-state index in [1.807, 2.05) is 17.0 Å². The molecule has 2 saturated heterocycles. The van der Waals surface area contributed by atoms with Crippen molar-refractivity contribution in [2.24, 2.45) is 0 Å². The molecule has 1 amide bonds. The molecule has 0 unspecified atom stereocenters. The van der Waals surface area contributed by atoms with Gasteiger partial charge in [-0.05, 0) is 43.6 Å². The van der Waals surface area contributed by atoms with Crippen LogP contribution in [0, 0.1) is 0 Å². The summed E-state index contributed by atoms with van der Waals surface area (Å²) in [5, 5.41) is 4.87. The van der Waals surface area contributed by atoms with Crippen molar-refractivity contribution in [1.29, 1.82) is 0 Å². The van der Waals surface area contributed by atoms with E-state index in [1.165, 1.54) is 0 Å². The summed E-state index contributed by atoms with van der Waals surface area (Å²) in [4.78, 5) is 29.9. The summed E-state index contributed by atoms with van der Waals surface area (Å²) < 4.78 is 1.01. The molecule has 0 atom stereocenters. The minimum Gasteiger partial charge on any atom is -0.352 e. The van der Waals surface area contributed by atoms with E-state index < -0.39 is 5.41 Å². The van der Waals surface area contributed by atoms with Crippen LogP contribution in [0.25, 0.3) is 11.0 Å². The molecule has 0 bridgehead atoms. The van der Waals surface area contributed by atoms with Crippen LogP contribution in [0.3, 0.4) is 0 Å². The van der Waals surface area contributed by atoms with Crippen molar-refractivity contribution in [2.45, 2.75) is 18.3 Å². The highest BCUT2D eigenvalue weighted by Crippen LogP contribution is 2.37. The minimum atomic E-state index is -0.469. The van der Waals surface area contributed by atoms with E-state index in [-0.39, 0.29) is 5.91 Å². The maximum Gasteiger partial charge on any atom is 0.233 e. The topological polar surface area (TPSA) is 77.2 Å². The van der Waals surface area contributed by atoms with Crippen LogP contribution in [-0.2, 0) is 10.2 Å². The van der Waals surface area contributed by atoms with Gasteiger partial charge in [-0.3, -0.25) is 4.79 Å². The molecular weight excluding hydrogens is 480 g/mol. The zero-order valence-corrected chi connectivity index (χ0v) is 19.4. The number of nitrogens with zero attached hydrogens (tertiary/aromatic N) is 4. The van der Waals surface area contributed by atoms with Crippen molar-refractivity contribution in [3.63, 3.8) is 0 Å².